The lowest BCUT2D eigenvalue weighted by atomic mass is 10.1. The third kappa shape index (κ3) is 5.32. The topological polar surface area (TPSA) is 122 Å². The minimum absolute atomic E-state index is 0.106. The van der Waals surface area contributed by atoms with Crippen molar-refractivity contribution in [3.63, 3.8) is 0 Å². The van der Waals surface area contributed by atoms with Crippen LogP contribution in [0.15, 0.2) is 18.2 Å². The molecular formula is C20H26N4O6. The van der Waals surface area contributed by atoms with Gasteiger partial charge in [-0.2, -0.15) is 0 Å². The Labute approximate surface area is 174 Å². The number of aryl methyl sites for hydroxylation is 2. The summed E-state index contributed by atoms with van der Waals surface area (Å²) < 4.78 is 4.93. The molecule has 2 atom stereocenters. The Morgan fingerprint density at radius 1 is 1.17 bits per heavy atom. The molecule has 0 spiro atoms. The maximum atomic E-state index is 12.4. The lowest BCUT2D eigenvalue weighted by molar-refractivity contribution is -0.497. The predicted molar refractivity (Wildman–Crippen MR) is 107 cm³/mol. The van der Waals surface area contributed by atoms with Crippen molar-refractivity contribution in [1.82, 2.24) is 9.80 Å². The van der Waals surface area contributed by atoms with Gasteiger partial charge in [-0.1, -0.05) is 18.2 Å². The molecule has 1 aromatic carbocycles. The van der Waals surface area contributed by atoms with E-state index < -0.39 is 29.5 Å². The first-order chi connectivity index (χ1) is 14.3. The van der Waals surface area contributed by atoms with Crippen molar-refractivity contribution in [3.8, 4) is 0 Å². The van der Waals surface area contributed by atoms with Gasteiger partial charge in [-0.15, -0.1) is 0 Å². The second-order valence-electron chi connectivity index (χ2n) is 7.77. The van der Waals surface area contributed by atoms with E-state index in [0.717, 1.165) is 16.8 Å². The van der Waals surface area contributed by atoms with E-state index in [4.69, 9.17) is 4.74 Å². The van der Waals surface area contributed by atoms with Crippen LogP contribution in [-0.4, -0.2) is 77.9 Å². The zero-order valence-electron chi connectivity index (χ0n) is 17.1. The molecule has 2 fully saturated rings. The summed E-state index contributed by atoms with van der Waals surface area (Å²) in [5.41, 5.74) is 2.83. The number of nitrogens with zero attached hydrogens (tertiary/aromatic N) is 3. The van der Waals surface area contributed by atoms with E-state index in [1.54, 1.807) is 4.90 Å². The second kappa shape index (κ2) is 9.21. The first-order valence-electron chi connectivity index (χ1n) is 9.92. The highest BCUT2D eigenvalue weighted by atomic mass is 16.6. The molecule has 1 saturated carbocycles. The number of ether oxygens (including phenoxy) is 1. The highest BCUT2D eigenvalue weighted by Gasteiger charge is 2.54. The van der Waals surface area contributed by atoms with Gasteiger partial charge in [0, 0.05) is 43.2 Å². The third-order valence-corrected chi connectivity index (χ3v) is 5.51. The number of hydrogen-bond donors (Lipinski definition) is 1. The number of hydrogen-bond acceptors (Lipinski definition) is 7. The van der Waals surface area contributed by atoms with Gasteiger partial charge < -0.3 is 15.0 Å². The number of carbonyl (C=O) groups is 3. The Bertz CT molecular complexity index is 829. The van der Waals surface area contributed by atoms with Crippen molar-refractivity contribution in [2.45, 2.75) is 26.3 Å². The molecule has 162 valence electrons. The van der Waals surface area contributed by atoms with E-state index in [9.17, 15) is 24.5 Å². The summed E-state index contributed by atoms with van der Waals surface area (Å²) in [7, 11) is 0. The average molecular weight is 418 g/mol. The fourth-order valence-electron chi connectivity index (χ4n) is 3.55. The fourth-order valence-corrected chi connectivity index (χ4v) is 3.55. The number of para-hydroxylation sites is 1. The van der Waals surface area contributed by atoms with E-state index in [1.165, 1.54) is 0 Å². The number of anilines is 1. The van der Waals surface area contributed by atoms with Gasteiger partial charge in [0.25, 0.3) is 5.91 Å². The molecule has 10 nitrogen and oxygen atoms in total. The van der Waals surface area contributed by atoms with Crippen molar-refractivity contribution in [2.75, 3.05) is 44.6 Å². The first kappa shape index (κ1) is 21.7. The number of nitrogens with one attached hydrogen (secondary N) is 1. The second-order valence-corrected chi connectivity index (χ2v) is 7.77. The van der Waals surface area contributed by atoms with Crippen LogP contribution in [0.25, 0.3) is 0 Å². The predicted octanol–water partition coefficient (Wildman–Crippen LogP) is 0.595. The molecule has 0 radical (unpaired) electrons. The monoisotopic (exact) mass is 418 g/mol. The number of piperazine rings is 1. The summed E-state index contributed by atoms with van der Waals surface area (Å²) >= 11 is 0. The number of esters is 1. The Balaban J connectivity index is 1.38. The van der Waals surface area contributed by atoms with Crippen LogP contribution in [0.5, 0.6) is 0 Å². The van der Waals surface area contributed by atoms with Crippen LogP contribution in [0.2, 0.25) is 0 Å². The molecule has 1 aliphatic carbocycles. The van der Waals surface area contributed by atoms with Gasteiger partial charge in [-0.05, 0) is 25.0 Å². The molecule has 1 saturated heterocycles. The summed E-state index contributed by atoms with van der Waals surface area (Å²) in [6.45, 7) is 5.63. The molecule has 1 aromatic rings. The zero-order chi connectivity index (χ0) is 21.8. The van der Waals surface area contributed by atoms with Gasteiger partial charge in [-0.3, -0.25) is 29.4 Å². The van der Waals surface area contributed by atoms with Gasteiger partial charge in [0.05, 0.1) is 6.54 Å². The molecule has 0 aromatic heterocycles. The lowest BCUT2D eigenvalue weighted by Crippen LogP contribution is -2.51. The molecule has 1 N–H and O–H groups in total. The van der Waals surface area contributed by atoms with E-state index >= 15 is 0 Å². The summed E-state index contributed by atoms with van der Waals surface area (Å²) in [6, 6.07) is 4.95. The minimum Gasteiger partial charge on any atom is -0.455 e. The number of amides is 2. The molecule has 30 heavy (non-hydrogen) atoms. The van der Waals surface area contributed by atoms with Crippen molar-refractivity contribution in [3.05, 3.63) is 39.4 Å². The molecular weight excluding hydrogens is 392 g/mol. The largest absolute Gasteiger partial charge is 0.455 e. The highest BCUT2D eigenvalue weighted by molar-refractivity contribution is 5.93. The first-order valence-corrected chi connectivity index (χ1v) is 9.92. The number of nitro groups is 1. The van der Waals surface area contributed by atoms with E-state index in [-0.39, 0.29) is 24.8 Å². The number of rotatable bonds is 7. The number of carbonyl (C=O) groups excluding carboxylic acids is 3. The Morgan fingerprint density at radius 2 is 1.80 bits per heavy atom. The van der Waals surface area contributed by atoms with E-state index in [1.807, 2.05) is 36.9 Å². The van der Waals surface area contributed by atoms with Gasteiger partial charge in [0.1, 0.15) is 5.92 Å². The lowest BCUT2D eigenvalue weighted by Gasteiger charge is -2.34. The summed E-state index contributed by atoms with van der Waals surface area (Å²) in [6.07, 6.45) is 0.169. The molecule has 3 rings (SSSR count). The quantitative estimate of drug-likeness (QED) is 0.391. The van der Waals surface area contributed by atoms with Crippen LogP contribution in [0.3, 0.4) is 0 Å². The summed E-state index contributed by atoms with van der Waals surface area (Å²) in [4.78, 5) is 50.0. The summed E-state index contributed by atoms with van der Waals surface area (Å²) in [5, 5.41) is 13.5. The molecule has 0 bridgehead atoms. The molecule has 1 heterocycles. The Kier molecular flexibility index (Phi) is 6.66. The van der Waals surface area contributed by atoms with Crippen molar-refractivity contribution in [1.29, 1.82) is 0 Å². The minimum atomic E-state index is -0.884. The molecule has 10 heteroatoms. The zero-order valence-corrected chi connectivity index (χ0v) is 17.1. The van der Waals surface area contributed by atoms with Crippen LogP contribution >= 0.6 is 0 Å². The normalized spacial score (nSPS) is 21.1. The van der Waals surface area contributed by atoms with Crippen LogP contribution in [-0.2, 0) is 19.1 Å². The Hall–Kier alpha value is -3.01. The third-order valence-electron chi connectivity index (χ3n) is 5.51. The SMILES string of the molecule is Cc1cccc(C)c1NC(=O)CN1CCN(C(=O)COC(=O)C2CC2[N+](=O)[O-])CC1. The van der Waals surface area contributed by atoms with Gasteiger partial charge in [0.2, 0.25) is 11.9 Å². The maximum Gasteiger partial charge on any atom is 0.316 e. The standard InChI is InChI=1S/C20H26N4O6/c1-13-4-3-5-14(2)19(13)21-17(25)11-22-6-8-23(9-7-22)18(26)12-30-20(27)15-10-16(15)24(28)29/h3-5,15-16H,6-12H2,1-2H3,(H,21,25). The van der Waals surface area contributed by atoms with Crippen molar-refractivity contribution < 1.29 is 24.0 Å². The average Bonchev–Trinajstić information content (AvgIpc) is 3.51. The van der Waals surface area contributed by atoms with Crippen molar-refractivity contribution in [2.24, 2.45) is 5.92 Å². The van der Waals surface area contributed by atoms with E-state index in [0.29, 0.717) is 26.2 Å². The Morgan fingerprint density at radius 3 is 2.37 bits per heavy atom. The summed E-state index contributed by atoms with van der Waals surface area (Å²) in [5.74, 6) is -1.86. The maximum absolute atomic E-state index is 12.4. The molecule has 2 aliphatic rings. The molecule has 2 amide bonds. The number of benzene rings is 1. The van der Waals surface area contributed by atoms with Gasteiger partial charge in [-0.25, -0.2) is 0 Å². The molecule has 1 aliphatic heterocycles. The smallest absolute Gasteiger partial charge is 0.316 e. The highest BCUT2D eigenvalue weighted by Crippen LogP contribution is 2.34. The fraction of sp³-hybridized carbons (Fsp3) is 0.550. The van der Waals surface area contributed by atoms with Crippen LogP contribution in [0.1, 0.15) is 17.5 Å². The van der Waals surface area contributed by atoms with E-state index in [2.05, 4.69) is 5.32 Å². The van der Waals surface area contributed by atoms with Gasteiger partial charge >= 0.3 is 5.97 Å². The van der Waals surface area contributed by atoms with Gasteiger partial charge in [0.15, 0.2) is 6.61 Å². The van der Waals surface area contributed by atoms with Crippen molar-refractivity contribution >= 4 is 23.5 Å². The van der Waals surface area contributed by atoms with Crippen LogP contribution in [0, 0.1) is 29.9 Å². The van der Waals surface area contributed by atoms with Crippen LogP contribution in [0.4, 0.5) is 5.69 Å². The molecule has 2 unspecified atom stereocenters. The van der Waals surface area contributed by atoms with Crippen LogP contribution < -0.4 is 5.32 Å².